The van der Waals surface area contributed by atoms with Crippen LogP contribution in [0.1, 0.15) is 82.4 Å². The first-order chi connectivity index (χ1) is 17.2. The van der Waals surface area contributed by atoms with E-state index in [9.17, 15) is 18.3 Å². The Morgan fingerprint density at radius 1 is 1.03 bits per heavy atom. The van der Waals surface area contributed by atoms with Gasteiger partial charge in [0.05, 0.1) is 12.4 Å². The van der Waals surface area contributed by atoms with Gasteiger partial charge in [-0.3, -0.25) is 4.90 Å². The highest BCUT2D eigenvalue weighted by Gasteiger charge is 2.37. The molecule has 36 heavy (non-hydrogen) atoms. The van der Waals surface area contributed by atoms with Gasteiger partial charge in [0, 0.05) is 12.0 Å². The number of hydrogen-bond acceptors (Lipinski definition) is 3. The third-order valence-corrected chi connectivity index (χ3v) is 8.52. The molecule has 2 fully saturated rings. The highest BCUT2D eigenvalue weighted by atomic mass is 19.4. The lowest BCUT2D eigenvalue weighted by Crippen LogP contribution is -2.37. The lowest BCUT2D eigenvalue weighted by molar-refractivity contribution is -0.137. The lowest BCUT2D eigenvalue weighted by atomic mass is 9.81. The van der Waals surface area contributed by atoms with Gasteiger partial charge in [0.2, 0.25) is 0 Å². The van der Waals surface area contributed by atoms with Crippen molar-refractivity contribution in [3.8, 4) is 5.75 Å². The van der Waals surface area contributed by atoms with Crippen molar-refractivity contribution in [3.05, 3.63) is 53.8 Å². The first-order valence-electron chi connectivity index (χ1n) is 13.6. The van der Waals surface area contributed by atoms with E-state index in [1.165, 1.54) is 12.5 Å². The fraction of sp³-hybridized carbons (Fsp3) is 0.600. The van der Waals surface area contributed by atoms with E-state index in [-0.39, 0.29) is 28.9 Å². The number of alkyl halides is 3. The van der Waals surface area contributed by atoms with E-state index in [4.69, 9.17) is 4.74 Å². The summed E-state index contributed by atoms with van der Waals surface area (Å²) in [5, 5.41) is 10.5. The molecule has 2 aromatic rings. The number of allylic oxidation sites excluding steroid dienone is 1. The highest BCUT2D eigenvalue weighted by Crippen LogP contribution is 2.43. The second-order valence-corrected chi connectivity index (χ2v) is 10.7. The van der Waals surface area contributed by atoms with E-state index in [0.29, 0.717) is 17.9 Å². The van der Waals surface area contributed by atoms with E-state index in [2.05, 4.69) is 25.3 Å². The van der Waals surface area contributed by atoms with Crippen LogP contribution in [0.15, 0.2) is 42.7 Å². The monoisotopic (exact) mass is 503 g/mol. The smallest absolute Gasteiger partial charge is 0.420 e. The molecule has 1 N–H and O–H groups in total. The van der Waals surface area contributed by atoms with Gasteiger partial charge in [0.1, 0.15) is 11.3 Å². The summed E-state index contributed by atoms with van der Waals surface area (Å²) in [7, 11) is 0. The summed E-state index contributed by atoms with van der Waals surface area (Å²) in [5.74, 6) is 1.34. The van der Waals surface area contributed by atoms with Crippen LogP contribution in [-0.4, -0.2) is 29.7 Å². The molecular weight excluding hydrogens is 463 g/mol. The number of rotatable bonds is 8. The number of aliphatic hydroxyl groups is 1. The average Bonchev–Trinajstić information content (AvgIpc) is 2.87. The quantitative estimate of drug-likeness (QED) is 0.366. The van der Waals surface area contributed by atoms with E-state index >= 15 is 0 Å². The van der Waals surface area contributed by atoms with Crippen LogP contribution in [0.4, 0.5) is 13.2 Å². The SMILES string of the molecule is C=C(O)C1CCN(C(CC)c2ccc3ccc(OCC4CCC(CC)CC4)c(C(F)(F)F)c3c2)CC1. The van der Waals surface area contributed by atoms with Crippen molar-refractivity contribution >= 4 is 10.8 Å². The summed E-state index contributed by atoms with van der Waals surface area (Å²) >= 11 is 0. The van der Waals surface area contributed by atoms with Crippen molar-refractivity contribution in [2.24, 2.45) is 17.8 Å². The number of fused-ring (bicyclic) bond motifs is 1. The summed E-state index contributed by atoms with van der Waals surface area (Å²) in [4.78, 5) is 2.32. The molecule has 2 aromatic carbocycles. The Kier molecular flexibility index (Phi) is 8.54. The van der Waals surface area contributed by atoms with Gasteiger partial charge in [0.25, 0.3) is 0 Å². The van der Waals surface area contributed by atoms with Crippen molar-refractivity contribution in [2.45, 2.75) is 77.4 Å². The van der Waals surface area contributed by atoms with Crippen LogP contribution >= 0.6 is 0 Å². The molecule has 1 aliphatic carbocycles. The summed E-state index contributed by atoms with van der Waals surface area (Å²) in [6.07, 6.45) is 3.41. The second kappa shape index (κ2) is 11.5. The van der Waals surface area contributed by atoms with Gasteiger partial charge >= 0.3 is 6.18 Å². The van der Waals surface area contributed by atoms with Crippen molar-refractivity contribution in [2.75, 3.05) is 19.7 Å². The van der Waals surface area contributed by atoms with Crippen molar-refractivity contribution < 1.29 is 23.0 Å². The molecule has 1 aliphatic heterocycles. The fourth-order valence-electron chi connectivity index (χ4n) is 6.20. The summed E-state index contributed by atoms with van der Waals surface area (Å²) < 4.78 is 49.1. The minimum atomic E-state index is -4.51. The van der Waals surface area contributed by atoms with E-state index in [0.717, 1.165) is 69.5 Å². The van der Waals surface area contributed by atoms with Crippen LogP contribution in [0, 0.1) is 17.8 Å². The molecule has 1 saturated heterocycles. The van der Waals surface area contributed by atoms with Crippen LogP contribution in [0.5, 0.6) is 5.75 Å². The zero-order chi connectivity index (χ0) is 25.9. The van der Waals surface area contributed by atoms with Crippen molar-refractivity contribution in [1.29, 1.82) is 0 Å². The molecule has 4 rings (SSSR count). The van der Waals surface area contributed by atoms with E-state index in [1.54, 1.807) is 18.2 Å². The van der Waals surface area contributed by atoms with E-state index < -0.39 is 11.7 Å². The molecule has 2 aliphatic rings. The first kappa shape index (κ1) is 26.8. The van der Waals surface area contributed by atoms with Crippen molar-refractivity contribution in [1.82, 2.24) is 4.90 Å². The minimum absolute atomic E-state index is 0.0294. The molecule has 0 radical (unpaired) electrons. The number of halogens is 3. The Balaban J connectivity index is 1.59. The number of ether oxygens (including phenoxy) is 1. The molecule has 0 amide bonds. The molecule has 0 spiro atoms. The van der Waals surface area contributed by atoms with Gasteiger partial charge in [-0.2, -0.15) is 13.2 Å². The summed E-state index contributed by atoms with van der Waals surface area (Å²) in [5.41, 5.74) is 0.237. The molecule has 1 saturated carbocycles. The number of aliphatic hydroxyl groups excluding tert-OH is 1. The third kappa shape index (κ3) is 6.01. The Labute approximate surface area is 213 Å². The number of hydrogen-bond donors (Lipinski definition) is 1. The maximum atomic E-state index is 14.4. The van der Waals surface area contributed by atoms with Gasteiger partial charge in [-0.05, 0) is 85.5 Å². The molecule has 1 atom stereocenters. The van der Waals surface area contributed by atoms with Crippen LogP contribution in [0.2, 0.25) is 0 Å². The molecular formula is C30H40F3NO2. The van der Waals surface area contributed by atoms with Gasteiger partial charge in [-0.25, -0.2) is 0 Å². The molecule has 3 nitrogen and oxygen atoms in total. The Bertz CT molecular complexity index is 1030. The predicted molar refractivity (Wildman–Crippen MR) is 139 cm³/mol. The number of benzene rings is 2. The van der Waals surface area contributed by atoms with Crippen LogP contribution in [0.3, 0.4) is 0 Å². The topological polar surface area (TPSA) is 32.7 Å². The van der Waals surface area contributed by atoms with Gasteiger partial charge in [-0.15, -0.1) is 0 Å². The number of nitrogens with zero attached hydrogens (tertiary/aromatic N) is 1. The average molecular weight is 504 g/mol. The standard InChI is InChI=1S/C30H40F3NO2/c1-4-21-6-8-22(9-7-21)19-36-28-13-12-24-10-11-25(18-26(24)29(28)30(31,32)33)27(5-2)34-16-14-23(15-17-34)20(3)35/h10-13,18,21-23,27,35H,3-9,14-17,19H2,1-2H3. The molecule has 6 heteroatoms. The normalized spacial score (nSPS) is 23.0. The Morgan fingerprint density at radius 3 is 2.25 bits per heavy atom. The second-order valence-electron chi connectivity index (χ2n) is 10.7. The third-order valence-electron chi connectivity index (χ3n) is 8.52. The van der Waals surface area contributed by atoms with Crippen LogP contribution in [0.25, 0.3) is 10.8 Å². The Hall–Kier alpha value is -2.21. The summed E-state index contributed by atoms with van der Waals surface area (Å²) in [6, 6.07) is 8.76. The summed E-state index contributed by atoms with van der Waals surface area (Å²) in [6.45, 7) is 9.87. The molecule has 1 unspecified atom stereocenters. The number of likely N-dealkylation sites (tertiary alicyclic amines) is 1. The largest absolute Gasteiger partial charge is 0.513 e. The maximum Gasteiger partial charge on any atom is 0.420 e. The van der Waals surface area contributed by atoms with Gasteiger partial charge < -0.3 is 9.84 Å². The van der Waals surface area contributed by atoms with Crippen LogP contribution in [-0.2, 0) is 6.18 Å². The zero-order valence-electron chi connectivity index (χ0n) is 21.6. The lowest BCUT2D eigenvalue weighted by Gasteiger charge is -2.37. The van der Waals surface area contributed by atoms with E-state index in [1.807, 2.05) is 6.07 Å². The number of piperidine rings is 1. The molecule has 0 aromatic heterocycles. The molecule has 198 valence electrons. The zero-order valence-corrected chi connectivity index (χ0v) is 21.6. The molecule has 0 bridgehead atoms. The minimum Gasteiger partial charge on any atom is -0.513 e. The van der Waals surface area contributed by atoms with Crippen LogP contribution < -0.4 is 4.74 Å². The highest BCUT2D eigenvalue weighted by molar-refractivity contribution is 5.89. The fourth-order valence-corrected chi connectivity index (χ4v) is 6.20. The molecule has 1 heterocycles. The maximum absolute atomic E-state index is 14.4. The first-order valence-corrected chi connectivity index (χ1v) is 13.6. The van der Waals surface area contributed by atoms with Gasteiger partial charge in [-0.1, -0.05) is 57.9 Å². The van der Waals surface area contributed by atoms with Crippen molar-refractivity contribution in [3.63, 3.8) is 0 Å². The van der Waals surface area contributed by atoms with Gasteiger partial charge in [0.15, 0.2) is 0 Å². The Morgan fingerprint density at radius 2 is 1.67 bits per heavy atom. The predicted octanol–water partition coefficient (Wildman–Crippen LogP) is 8.69.